The van der Waals surface area contributed by atoms with Crippen LogP contribution >= 0.6 is 0 Å². The maximum atomic E-state index is 12.9. The third kappa shape index (κ3) is 3.31. The lowest BCUT2D eigenvalue weighted by molar-refractivity contribution is 0.262. The molecule has 0 atom stereocenters. The van der Waals surface area contributed by atoms with Gasteiger partial charge < -0.3 is 10.6 Å². The van der Waals surface area contributed by atoms with E-state index in [4.69, 9.17) is 0 Å². The molecule has 3 nitrogen and oxygen atoms in total. The first-order valence-corrected chi connectivity index (χ1v) is 5.54. The highest BCUT2D eigenvalue weighted by Crippen LogP contribution is 2.11. The van der Waals surface area contributed by atoms with Gasteiger partial charge in [-0.3, -0.25) is 0 Å². The molecule has 0 bridgehead atoms. The number of anilines is 2. The molecule has 0 aliphatic heterocycles. The molecule has 0 aliphatic rings. The van der Waals surface area contributed by atoms with Gasteiger partial charge in [0.15, 0.2) is 0 Å². The van der Waals surface area contributed by atoms with Gasteiger partial charge >= 0.3 is 6.03 Å². The molecule has 0 heterocycles. The van der Waals surface area contributed by atoms with Crippen LogP contribution in [-0.4, -0.2) is 6.03 Å². The highest BCUT2D eigenvalue weighted by molar-refractivity contribution is 5.99. The Hall–Kier alpha value is -2.36. The van der Waals surface area contributed by atoms with Crippen molar-refractivity contribution in [3.8, 4) is 0 Å². The van der Waals surface area contributed by atoms with E-state index in [0.717, 1.165) is 5.56 Å². The topological polar surface area (TPSA) is 41.1 Å². The van der Waals surface area contributed by atoms with Crippen molar-refractivity contribution >= 4 is 17.4 Å². The zero-order chi connectivity index (χ0) is 13.0. The Morgan fingerprint density at radius 3 is 2.33 bits per heavy atom. The Balaban J connectivity index is 1.98. The molecule has 2 rings (SSSR count). The number of carbonyl (C=O) groups excluding carboxylic acids is 1. The van der Waals surface area contributed by atoms with Crippen LogP contribution in [0.25, 0.3) is 0 Å². The molecule has 0 aromatic heterocycles. The molecule has 0 aliphatic carbocycles. The Morgan fingerprint density at radius 2 is 1.67 bits per heavy atom. The van der Waals surface area contributed by atoms with Crippen LogP contribution in [0, 0.1) is 12.7 Å². The predicted octanol–water partition coefficient (Wildman–Crippen LogP) is 3.78. The molecule has 0 radical (unpaired) electrons. The second-order valence-corrected chi connectivity index (χ2v) is 3.96. The van der Waals surface area contributed by atoms with Crippen molar-refractivity contribution in [2.45, 2.75) is 6.92 Å². The monoisotopic (exact) mass is 244 g/mol. The van der Waals surface area contributed by atoms with Crippen LogP contribution < -0.4 is 10.6 Å². The molecule has 2 aromatic rings. The van der Waals surface area contributed by atoms with Crippen LogP contribution in [0.4, 0.5) is 20.6 Å². The summed E-state index contributed by atoms with van der Waals surface area (Å²) in [4.78, 5) is 11.6. The predicted molar refractivity (Wildman–Crippen MR) is 70.2 cm³/mol. The van der Waals surface area contributed by atoms with Gasteiger partial charge in [0.2, 0.25) is 0 Å². The molecule has 18 heavy (non-hydrogen) atoms. The van der Waals surface area contributed by atoms with Gasteiger partial charge in [-0.05, 0) is 37.3 Å². The highest BCUT2D eigenvalue weighted by Gasteiger charge is 2.02. The SMILES string of the molecule is Cc1ccc(NC(=O)Nc2cccc(F)c2)cc1. The number of amides is 2. The fourth-order valence-corrected chi connectivity index (χ4v) is 1.50. The minimum atomic E-state index is -0.399. The molecule has 92 valence electrons. The first kappa shape index (κ1) is 12.1. The fraction of sp³-hybridized carbons (Fsp3) is 0.0714. The third-order valence-corrected chi connectivity index (χ3v) is 2.39. The van der Waals surface area contributed by atoms with E-state index in [1.165, 1.54) is 18.2 Å². The summed E-state index contributed by atoms with van der Waals surface area (Å²) >= 11 is 0. The lowest BCUT2D eigenvalue weighted by Crippen LogP contribution is -2.19. The van der Waals surface area contributed by atoms with E-state index >= 15 is 0 Å². The molecule has 2 amide bonds. The zero-order valence-corrected chi connectivity index (χ0v) is 9.91. The van der Waals surface area contributed by atoms with Crippen molar-refractivity contribution < 1.29 is 9.18 Å². The van der Waals surface area contributed by atoms with Crippen LogP contribution in [0.2, 0.25) is 0 Å². The van der Waals surface area contributed by atoms with E-state index in [1.807, 2.05) is 19.1 Å². The van der Waals surface area contributed by atoms with Crippen molar-refractivity contribution in [2.75, 3.05) is 10.6 Å². The highest BCUT2D eigenvalue weighted by atomic mass is 19.1. The van der Waals surface area contributed by atoms with E-state index < -0.39 is 6.03 Å². The van der Waals surface area contributed by atoms with Crippen molar-refractivity contribution in [1.29, 1.82) is 0 Å². The lowest BCUT2D eigenvalue weighted by Gasteiger charge is -2.07. The number of urea groups is 1. The average molecular weight is 244 g/mol. The molecule has 0 saturated carbocycles. The zero-order valence-electron chi connectivity index (χ0n) is 9.91. The molecule has 0 fully saturated rings. The van der Waals surface area contributed by atoms with E-state index in [2.05, 4.69) is 10.6 Å². The molecule has 2 aromatic carbocycles. The molecule has 4 heteroatoms. The summed E-state index contributed by atoms with van der Waals surface area (Å²) in [5.41, 5.74) is 2.22. The van der Waals surface area contributed by atoms with Gasteiger partial charge in [-0.25, -0.2) is 9.18 Å². The number of carbonyl (C=O) groups is 1. The van der Waals surface area contributed by atoms with Crippen molar-refractivity contribution in [3.63, 3.8) is 0 Å². The van der Waals surface area contributed by atoms with E-state index in [1.54, 1.807) is 18.2 Å². The number of hydrogen-bond donors (Lipinski definition) is 2. The number of rotatable bonds is 2. The quantitative estimate of drug-likeness (QED) is 0.829. The van der Waals surface area contributed by atoms with Crippen LogP contribution in [0.3, 0.4) is 0 Å². The van der Waals surface area contributed by atoms with Crippen molar-refractivity contribution in [1.82, 2.24) is 0 Å². The van der Waals surface area contributed by atoms with Gasteiger partial charge in [-0.2, -0.15) is 0 Å². The third-order valence-electron chi connectivity index (χ3n) is 2.39. The lowest BCUT2D eigenvalue weighted by atomic mass is 10.2. The largest absolute Gasteiger partial charge is 0.323 e. The second kappa shape index (κ2) is 5.31. The summed E-state index contributed by atoms with van der Waals surface area (Å²) in [7, 11) is 0. The van der Waals surface area contributed by atoms with Crippen LogP contribution in [0.1, 0.15) is 5.56 Å². The van der Waals surface area contributed by atoms with E-state index in [9.17, 15) is 9.18 Å². The van der Waals surface area contributed by atoms with Gasteiger partial charge in [0.1, 0.15) is 5.82 Å². The van der Waals surface area contributed by atoms with Gasteiger partial charge in [0.05, 0.1) is 0 Å². The number of nitrogens with one attached hydrogen (secondary N) is 2. The number of halogens is 1. The number of hydrogen-bond acceptors (Lipinski definition) is 1. The molecule has 0 saturated heterocycles. The average Bonchev–Trinajstić information content (AvgIpc) is 2.32. The first-order chi connectivity index (χ1) is 8.63. The summed E-state index contributed by atoms with van der Waals surface area (Å²) in [6.45, 7) is 1.97. The minimum absolute atomic E-state index is 0.386. The molecule has 0 spiro atoms. The Bertz CT molecular complexity index is 552. The van der Waals surface area contributed by atoms with Gasteiger partial charge in [-0.1, -0.05) is 23.8 Å². The molecule has 2 N–H and O–H groups in total. The van der Waals surface area contributed by atoms with Crippen molar-refractivity contribution in [3.05, 3.63) is 59.9 Å². The maximum absolute atomic E-state index is 12.9. The molecule has 0 unspecified atom stereocenters. The second-order valence-electron chi connectivity index (χ2n) is 3.96. The van der Waals surface area contributed by atoms with Crippen molar-refractivity contribution in [2.24, 2.45) is 0 Å². The summed E-state index contributed by atoms with van der Waals surface area (Å²) in [5, 5.41) is 5.22. The summed E-state index contributed by atoms with van der Waals surface area (Å²) in [5.74, 6) is -0.386. The Morgan fingerprint density at radius 1 is 1.00 bits per heavy atom. The van der Waals surface area contributed by atoms with Gasteiger partial charge in [-0.15, -0.1) is 0 Å². The van der Waals surface area contributed by atoms with Gasteiger partial charge in [0.25, 0.3) is 0 Å². The summed E-state index contributed by atoms with van der Waals surface area (Å²) in [6, 6.07) is 12.8. The normalized spacial score (nSPS) is 9.89. The van der Waals surface area contributed by atoms with Crippen LogP contribution in [0.15, 0.2) is 48.5 Å². The summed E-state index contributed by atoms with van der Waals surface area (Å²) < 4.78 is 12.9. The van der Waals surface area contributed by atoms with Crippen LogP contribution in [-0.2, 0) is 0 Å². The Labute approximate surface area is 105 Å². The fourth-order valence-electron chi connectivity index (χ4n) is 1.50. The smallest absolute Gasteiger partial charge is 0.308 e. The molecular formula is C14H13FN2O. The maximum Gasteiger partial charge on any atom is 0.323 e. The first-order valence-electron chi connectivity index (χ1n) is 5.54. The number of aryl methyl sites for hydroxylation is 1. The summed E-state index contributed by atoms with van der Waals surface area (Å²) in [6.07, 6.45) is 0. The van der Waals surface area contributed by atoms with E-state index in [-0.39, 0.29) is 5.82 Å². The van der Waals surface area contributed by atoms with Gasteiger partial charge in [0, 0.05) is 11.4 Å². The Kier molecular flexibility index (Phi) is 3.57. The van der Waals surface area contributed by atoms with E-state index in [0.29, 0.717) is 11.4 Å². The minimum Gasteiger partial charge on any atom is -0.308 e. The number of benzene rings is 2. The molecular weight excluding hydrogens is 231 g/mol. The van der Waals surface area contributed by atoms with Crippen LogP contribution in [0.5, 0.6) is 0 Å². The standard InChI is InChI=1S/C14H13FN2O/c1-10-5-7-12(8-6-10)16-14(18)17-13-4-2-3-11(15)9-13/h2-9H,1H3,(H2,16,17,18).